The summed E-state index contributed by atoms with van der Waals surface area (Å²) < 4.78 is 323. The number of nitrogen functional groups attached to an aromatic ring is 1. The SMILES string of the molecule is C.C.C.C.C.C.CC1(C)OB(c2cnc(OC3CC(F)(F)C3)c(F)c2)OC1(C)C.CCOC(F)(F)c1nnc2ccc(-c3cnc(OC4CC(F)(F)C4)c(F)c3)cn12.FC(F)(Cl)c1nnc2ccc(Br)cn12.Fc1cc(-c2ccc3nnc(C(F)(F)Cl)n3c2)cnc1OC1CC(F)(F)C1.Fc1ccc(Br)cn1.NN.NNc1ccc(Cl)cn1.O=C(NNc1ccc(Br)cn1)C(F)(F)Cl.O=C(OC(=O)C(F)(F)Cl)C(F)(F)Cl. The molecule has 63 heteroatoms. The third-order valence-corrected chi connectivity index (χ3v) is 20.8. The lowest BCUT2D eigenvalue weighted by molar-refractivity contribution is -0.251. The normalized spacial score (nSPS) is 15.0. The number of hydrogen-bond acceptors (Lipinski definition) is 27. The van der Waals surface area contributed by atoms with Crippen LogP contribution >= 0.6 is 117 Å². The summed E-state index contributed by atoms with van der Waals surface area (Å²) in [5.74, 6) is -7.30. The van der Waals surface area contributed by atoms with Crippen molar-refractivity contribution in [3.8, 4) is 39.9 Å². The van der Waals surface area contributed by atoms with Crippen LogP contribution in [0.15, 0.2) is 160 Å². The van der Waals surface area contributed by atoms with Gasteiger partial charge in [-0.1, -0.05) is 56.2 Å². The van der Waals surface area contributed by atoms with Crippen molar-refractivity contribution in [2.45, 2.75) is 198 Å². The van der Waals surface area contributed by atoms with Crippen molar-refractivity contribution in [3.63, 3.8) is 0 Å². The molecule has 4 fully saturated rings. The van der Waals surface area contributed by atoms with Crippen LogP contribution in [0.4, 0.5) is 108 Å². The first-order valence-corrected chi connectivity index (χ1v) is 43.1. The number of hydrogen-bond donors (Lipinski definition) is 6. The van der Waals surface area contributed by atoms with Gasteiger partial charge in [-0.15, -0.1) is 30.6 Å². The molecule has 0 radical (unpaired) electrons. The van der Waals surface area contributed by atoms with E-state index in [1.807, 2.05) is 27.7 Å². The molecule has 0 aromatic carbocycles. The van der Waals surface area contributed by atoms with Gasteiger partial charge in [0.15, 0.2) is 34.4 Å². The summed E-state index contributed by atoms with van der Waals surface area (Å²) in [7, 11) is -0.732. The summed E-state index contributed by atoms with van der Waals surface area (Å²) in [5, 5.41) is 1.30. The largest absolute Gasteiger partial charge is 0.496 e. The molecule has 12 aromatic heterocycles. The van der Waals surface area contributed by atoms with Gasteiger partial charge >= 0.3 is 58.0 Å². The first-order chi connectivity index (χ1) is 64.8. The maximum absolute atomic E-state index is 14.3. The van der Waals surface area contributed by atoms with Crippen LogP contribution in [-0.4, -0.2) is 169 Å². The van der Waals surface area contributed by atoms with E-state index in [2.05, 4.69) is 175 Å². The lowest BCUT2D eigenvalue weighted by Crippen LogP contribution is -2.43. The highest BCUT2D eigenvalue weighted by Crippen LogP contribution is 2.45. The number of ether oxygens (including phenoxy) is 5. The number of alkyl halides is 23. The molecule has 806 valence electrons. The molecular formula is C83H89BBr3Cl6F22N21O10. The van der Waals surface area contributed by atoms with E-state index in [9.17, 15) is 111 Å². The summed E-state index contributed by atoms with van der Waals surface area (Å²) in [5.41, 5.74) is 7.47. The second kappa shape index (κ2) is 54.3. The molecule has 31 nitrogen and oxygen atoms in total. The van der Waals surface area contributed by atoms with Crippen LogP contribution in [0, 0.1) is 23.4 Å². The maximum Gasteiger partial charge on any atom is 0.496 e. The summed E-state index contributed by atoms with van der Waals surface area (Å²) in [4.78, 5) is 53.1. The fourth-order valence-corrected chi connectivity index (χ4v) is 12.3. The highest BCUT2D eigenvalue weighted by Gasteiger charge is 2.54. The Morgan fingerprint density at radius 2 is 0.822 bits per heavy atom. The van der Waals surface area contributed by atoms with Crippen molar-refractivity contribution < 1.29 is 144 Å². The zero-order chi connectivity index (χ0) is 105. The molecule has 9 N–H and O–H groups in total. The van der Waals surface area contributed by atoms with E-state index in [1.54, 1.807) is 41.8 Å². The first-order valence-electron chi connectivity index (χ1n) is 38.5. The molecular weight excluding hydrogens is 2330 g/mol. The number of nitrogens with one attached hydrogen (secondary N) is 3. The first kappa shape index (κ1) is 132. The van der Waals surface area contributed by atoms with E-state index in [0.717, 1.165) is 34.3 Å². The average Bonchev–Trinajstić information content (AvgIpc) is 1.57. The number of hydrazine groups is 3. The van der Waals surface area contributed by atoms with E-state index < -0.39 is 191 Å². The van der Waals surface area contributed by atoms with Gasteiger partial charge in [-0.3, -0.25) is 40.5 Å². The van der Waals surface area contributed by atoms with Crippen molar-refractivity contribution in [2.75, 3.05) is 17.5 Å². The minimum atomic E-state index is -4.54. The molecule has 3 aliphatic carbocycles. The van der Waals surface area contributed by atoms with Gasteiger partial charge in [0.05, 0.1) is 22.8 Å². The topological polar surface area (TPSA) is 398 Å². The van der Waals surface area contributed by atoms with E-state index in [0.29, 0.717) is 37.6 Å². The Hall–Kier alpha value is -10.2. The molecule has 13 heterocycles. The molecule has 1 amide bonds. The number of fused-ring (bicyclic) bond motifs is 3. The second-order valence-electron chi connectivity index (χ2n) is 29.5. The van der Waals surface area contributed by atoms with Crippen LogP contribution in [0.2, 0.25) is 5.02 Å². The van der Waals surface area contributed by atoms with Gasteiger partial charge in [0.1, 0.15) is 29.9 Å². The zero-order valence-corrected chi connectivity index (χ0v) is 80.1. The second-order valence-corrected chi connectivity index (χ2v) is 35.0. The van der Waals surface area contributed by atoms with Crippen molar-refractivity contribution >= 4 is 176 Å². The van der Waals surface area contributed by atoms with Crippen LogP contribution < -0.4 is 53.5 Å². The number of nitrogens with zero attached hydrogens (tertiary/aromatic N) is 15. The Kier molecular flexibility index (Phi) is 49.1. The smallest absolute Gasteiger partial charge is 0.472 e. The molecule has 1 saturated heterocycles. The Labute approximate surface area is 872 Å². The Balaban J connectivity index is 0.000000577. The number of rotatable bonds is 20. The Morgan fingerprint density at radius 3 is 1.16 bits per heavy atom. The monoisotopic (exact) mass is 2420 g/mol. The van der Waals surface area contributed by atoms with Crippen molar-refractivity contribution in [3.05, 3.63) is 206 Å². The fraction of sp³-hybridized carbons (Fsp3) is 0.386. The standard InChI is InChI=1S/C18H15F5N4O2.C16H10ClF5N4O.C15H19BF3NO3.C7H5BrClF2N3O.C7H3BrClF2N3.C5H3BrFN.C5H6ClN3.C4Cl2F4O3.6CH4.H4N2/c1-2-28-18(22,23)16-26-25-14-4-3-10(9-27(14)16)11-5-13(19)15(24-8-11)29-12-6-17(20,21)7-12;17-16(21,22)14-25-24-12-2-1-8(7-26(12)14)9-3-11(18)13(23-6-9)27-10-4-15(19,20)5-10;1-13(2)14(3,4)23-16(22-13)9-5-11(17)12(20-8-9)21-10-6-15(18,19)7-10;8-4-1-2-5(12-3-4)13-14-6(15)7(9,10)11;8-4-1-2-5-12-13-6(7(9,10)11)14(5)3-4;6-4-1-2-5(7)8-3-4;6-4-1-2-5(9-7)8-3-4;5-3(7,8)1(11)13-2(12)4(6,9)10;;;;;;;1-2/h3-5,8-9,12H,2,6-7H2,1H3;1-3,6-7,10H,4-5H2;5,8,10H,6-7H2,1-4H3;1-3H,(H,12,13)(H,14,15);1-3H;1-3H;1-3H,7H2,(H,8,9);;6*1H4;1-2H2. The van der Waals surface area contributed by atoms with Crippen molar-refractivity contribution in [1.82, 2.24) is 79.1 Å². The highest BCUT2D eigenvalue weighted by atomic mass is 79.9. The minimum absolute atomic E-state index is 0. The zero-order valence-electron chi connectivity index (χ0n) is 70.9. The number of carbonyl (C=O) groups excluding carboxylic acids is 3. The average molecular weight is 2420 g/mol. The van der Waals surface area contributed by atoms with Crippen LogP contribution in [0.25, 0.3) is 39.2 Å². The van der Waals surface area contributed by atoms with Gasteiger partial charge in [0.2, 0.25) is 23.4 Å². The molecule has 12 aromatic rings. The van der Waals surface area contributed by atoms with Gasteiger partial charge < -0.3 is 38.4 Å². The number of esters is 2. The quantitative estimate of drug-likeness (QED) is 0.00603. The molecule has 3 saturated carbocycles. The number of amides is 1. The molecule has 0 spiro atoms. The summed E-state index contributed by atoms with van der Waals surface area (Å²) >= 11 is 37.3. The summed E-state index contributed by atoms with van der Waals surface area (Å²) in [6.45, 7) is 8.77. The number of halogens is 31. The van der Waals surface area contributed by atoms with Crippen LogP contribution in [0.3, 0.4) is 0 Å². The van der Waals surface area contributed by atoms with Gasteiger partial charge in [-0.05, 0) is 231 Å². The van der Waals surface area contributed by atoms with E-state index in [1.165, 1.54) is 105 Å². The number of carbonyl (C=O) groups is 3. The van der Waals surface area contributed by atoms with E-state index in [4.69, 9.17) is 64.2 Å². The molecule has 16 rings (SSSR count). The lowest BCUT2D eigenvalue weighted by Gasteiger charge is -2.34. The fourth-order valence-electron chi connectivity index (χ4n) is 11.0. The summed E-state index contributed by atoms with van der Waals surface area (Å²) in [6.07, 6.45) is 3.56. The molecule has 146 heavy (non-hydrogen) atoms. The number of anilines is 2. The highest BCUT2D eigenvalue weighted by molar-refractivity contribution is 9.11. The summed E-state index contributed by atoms with van der Waals surface area (Å²) in [6, 6.07) is 21.9. The van der Waals surface area contributed by atoms with Crippen LogP contribution in [-0.2, 0) is 50.0 Å². The van der Waals surface area contributed by atoms with Gasteiger partial charge in [0.25, 0.3) is 35.4 Å². The number of aromatic nitrogens is 15. The van der Waals surface area contributed by atoms with Crippen LogP contribution in [0.1, 0.15) is 135 Å². The Morgan fingerprint density at radius 1 is 0.459 bits per heavy atom. The van der Waals surface area contributed by atoms with Gasteiger partial charge in [0, 0.05) is 135 Å². The van der Waals surface area contributed by atoms with Gasteiger partial charge in [-0.25, -0.2) is 84.8 Å². The predicted molar refractivity (Wildman–Crippen MR) is 509 cm³/mol. The molecule has 4 aliphatic rings. The third-order valence-electron chi connectivity index (χ3n) is 18.4. The predicted octanol–water partition coefficient (Wildman–Crippen LogP) is 23.5. The lowest BCUT2D eigenvalue weighted by atomic mass is 9.80. The number of pyridine rings is 9. The van der Waals surface area contributed by atoms with Crippen molar-refractivity contribution in [2.24, 2.45) is 17.5 Å². The third kappa shape index (κ3) is 38.1. The van der Waals surface area contributed by atoms with Crippen molar-refractivity contribution in [1.29, 1.82) is 0 Å². The number of nitrogens with two attached hydrogens (primary N) is 3. The minimum Gasteiger partial charge on any atom is -0.472 e. The Bertz CT molecular complexity index is 6160. The molecule has 0 atom stereocenters. The van der Waals surface area contributed by atoms with E-state index in [-0.39, 0.29) is 91.2 Å². The van der Waals surface area contributed by atoms with Crippen LogP contribution in [0.5, 0.6) is 17.6 Å². The maximum atomic E-state index is 14.3. The molecule has 0 unspecified atom stereocenters. The molecule has 1 aliphatic heterocycles. The molecule has 0 bridgehead atoms. The van der Waals surface area contributed by atoms with Gasteiger partial charge in [-0.2, -0.15) is 57.1 Å². The van der Waals surface area contributed by atoms with E-state index >= 15 is 0 Å².